The van der Waals surface area contributed by atoms with Crippen LogP contribution in [0.2, 0.25) is 0 Å². The lowest BCUT2D eigenvalue weighted by Gasteiger charge is -2.15. The number of carbonyl (C=O) groups excluding carboxylic acids is 2. The van der Waals surface area contributed by atoms with Gasteiger partial charge in [-0.1, -0.05) is 6.07 Å². The summed E-state index contributed by atoms with van der Waals surface area (Å²) in [5.41, 5.74) is 3.08. The zero-order chi connectivity index (χ0) is 18.8. The van der Waals surface area contributed by atoms with Crippen LogP contribution in [0.4, 0.5) is 0 Å². The van der Waals surface area contributed by atoms with Crippen molar-refractivity contribution in [3.63, 3.8) is 0 Å². The summed E-state index contributed by atoms with van der Waals surface area (Å²) in [6.07, 6.45) is 2.46. The van der Waals surface area contributed by atoms with Crippen LogP contribution in [0.15, 0.2) is 24.5 Å². The summed E-state index contributed by atoms with van der Waals surface area (Å²) in [4.78, 5) is 42.6. The number of aromatic carboxylic acids is 1. The van der Waals surface area contributed by atoms with E-state index in [2.05, 4.69) is 15.3 Å². The fraction of sp³-hybridized carbons (Fsp3) is 0.278. The summed E-state index contributed by atoms with van der Waals surface area (Å²) in [5.74, 6) is -2.08. The van der Waals surface area contributed by atoms with E-state index >= 15 is 0 Å². The Morgan fingerprint density at radius 1 is 1.23 bits per heavy atom. The second-order valence-corrected chi connectivity index (χ2v) is 5.96. The summed E-state index contributed by atoms with van der Waals surface area (Å²) < 4.78 is 4.79. The van der Waals surface area contributed by atoms with Gasteiger partial charge in [-0.25, -0.2) is 19.6 Å². The maximum absolute atomic E-state index is 12.4. The number of carboxylic acid groups (broad SMARTS) is 1. The van der Waals surface area contributed by atoms with Crippen molar-refractivity contribution in [1.82, 2.24) is 15.3 Å². The molecule has 3 rings (SSSR count). The third kappa shape index (κ3) is 3.13. The van der Waals surface area contributed by atoms with Crippen molar-refractivity contribution >= 4 is 17.8 Å². The summed E-state index contributed by atoms with van der Waals surface area (Å²) in [6, 6.07) is 4.41. The predicted octanol–water partition coefficient (Wildman–Crippen LogP) is 1.69. The van der Waals surface area contributed by atoms with Crippen molar-refractivity contribution in [3.05, 3.63) is 58.2 Å². The summed E-state index contributed by atoms with van der Waals surface area (Å²) in [6.45, 7) is 1.86. The Morgan fingerprint density at radius 2 is 1.96 bits per heavy atom. The van der Waals surface area contributed by atoms with Crippen LogP contribution in [0.5, 0.6) is 0 Å². The van der Waals surface area contributed by atoms with Crippen LogP contribution in [-0.4, -0.2) is 40.0 Å². The van der Waals surface area contributed by atoms with Gasteiger partial charge in [0.15, 0.2) is 5.69 Å². The van der Waals surface area contributed by atoms with Crippen molar-refractivity contribution in [3.8, 4) is 0 Å². The monoisotopic (exact) mass is 355 g/mol. The first-order valence-electron chi connectivity index (χ1n) is 7.99. The van der Waals surface area contributed by atoms with Crippen LogP contribution in [-0.2, 0) is 11.2 Å². The molecule has 134 valence electrons. The van der Waals surface area contributed by atoms with Gasteiger partial charge in [0.1, 0.15) is 12.0 Å². The second-order valence-electron chi connectivity index (χ2n) is 5.96. The first-order valence-corrected chi connectivity index (χ1v) is 7.99. The molecule has 1 amide bonds. The molecule has 8 heteroatoms. The molecule has 0 saturated heterocycles. The fourth-order valence-electron chi connectivity index (χ4n) is 3.19. The van der Waals surface area contributed by atoms with Gasteiger partial charge in [-0.2, -0.15) is 0 Å². The Balaban J connectivity index is 1.83. The van der Waals surface area contributed by atoms with Crippen LogP contribution in [0.25, 0.3) is 0 Å². The molecule has 0 aliphatic heterocycles. The van der Waals surface area contributed by atoms with Gasteiger partial charge in [-0.05, 0) is 42.5 Å². The number of fused-ring (bicyclic) bond motifs is 1. The highest BCUT2D eigenvalue weighted by molar-refractivity contribution is 5.95. The normalized spacial score (nSPS) is 15.2. The fourth-order valence-corrected chi connectivity index (χ4v) is 3.19. The molecule has 8 nitrogen and oxygen atoms in total. The minimum Gasteiger partial charge on any atom is -0.477 e. The number of carbonyl (C=O) groups is 3. The Kier molecular flexibility index (Phi) is 4.66. The van der Waals surface area contributed by atoms with Crippen LogP contribution < -0.4 is 5.32 Å². The Morgan fingerprint density at radius 3 is 2.65 bits per heavy atom. The molecule has 26 heavy (non-hydrogen) atoms. The van der Waals surface area contributed by atoms with Gasteiger partial charge in [0.05, 0.1) is 18.7 Å². The second kappa shape index (κ2) is 6.91. The molecule has 1 aromatic heterocycles. The number of rotatable bonds is 4. The highest BCUT2D eigenvalue weighted by Gasteiger charge is 2.28. The molecule has 1 aromatic carbocycles. The third-order valence-electron chi connectivity index (χ3n) is 4.52. The van der Waals surface area contributed by atoms with Crippen LogP contribution in [0.1, 0.15) is 60.5 Å². The number of aromatic nitrogens is 2. The highest BCUT2D eigenvalue weighted by atomic mass is 16.5. The lowest BCUT2D eigenvalue weighted by molar-refractivity contribution is 0.0598. The topological polar surface area (TPSA) is 118 Å². The molecule has 1 aliphatic rings. The molecule has 0 fully saturated rings. The van der Waals surface area contributed by atoms with E-state index in [0.717, 1.165) is 35.5 Å². The van der Waals surface area contributed by atoms with Crippen molar-refractivity contribution < 1.29 is 24.2 Å². The number of hydrogen-bond donors (Lipinski definition) is 2. The predicted molar refractivity (Wildman–Crippen MR) is 90.0 cm³/mol. The Bertz CT molecular complexity index is 910. The minimum atomic E-state index is -1.22. The Hall–Kier alpha value is -3.29. The molecular weight excluding hydrogens is 338 g/mol. The number of methoxy groups -OCH3 is 1. The average molecular weight is 355 g/mol. The smallest absolute Gasteiger partial charge is 0.354 e. The Labute approximate surface area is 149 Å². The molecule has 0 unspecified atom stereocenters. The van der Waals surface area contributed by atoms with Crippen molar-refractivity contribution in [1.29, 1.82) is 0 Å². The molecule has 0 bridgehead atoms. The third-order valence-corrected chi connectivity index (χ3v) is 4.52. The van der Waals surface area contributed by atoms with E-state index in [1.807, 2.05) is 13.0 Å². The zero-order valence-electron chi connectivity index (χ0n) is 14.3. The van der Waals surface area contributed by atoms with Gasteiger partial charge in [0.25, 0.3) is 5.91 Å². The molecule has 2 aromatic rings. The van der Waals surface area contributed by atoms with Gasteiger partial charge in [-0.3, -0.25) is 4.79 Å². The van der Waals surface area contributed by atoms with Crippen LogP contribution in [0.3, 0.4) is 0 Å². The number of ether oxygens (including phenoxy) is 1. The van der Waals surface area contributed by atoms with Crippen LogP contribution >= 0.6 is 0 Å². The van der Waals surface area contributed by atoms with Gasteiger partial charge in [0.2, 0.25) is 0 Å². The first kappa shape index (κ1) is 17.5. The molecule has 1 atom stereocenters. The summed E-state index contributed by atoms with van der Waals surface area (Å²) in [7, 11) is 1.34. The van der Waals surface area contributed by atoms with E-state index in [0.29, 0.717) is 12.0 Å². The lowest BCUT2D eigenvalue weighted by atomic mass is 9.98. The largest absolute Gasteiger partial charge is 0.477 e. The minimum absolute atomic E-state index is 0.00578. The molecule has 2 N–H and O–H groups in total. The number of nitrogens with one attached hydrogen (secondary N) is 1. The number of esters is 1. The number of benzene rings is 1. The SMILES string of the molecule is COC(=O)c1ccc2c(c1C)CC[C@@H]2NC(=O)c1cc(C(=O)O)ncn1. The van der Waals surface area contributed by atoms with Gasteiger partial charge >= 0.3 is 11.9 Å². The maximum Gasteiger partial charge on any atom is 0.354 e. The van der Waals surface area contributed by atoms with E-state index < -0.39 is 11.9 Å². The van der Waals surface area contributed by atoms with E-state index in [9.17, 15) is 14.4 Å². The standard InChI is InChI=1S/C18H17N3O5/c1-9-10-5-6-13(12(10)4-3-11(9)18(25)26-2)21-16(22)14-7-15(17(23)24)20-8-19-14/h3-4,7-8,13H,5-6H2,1-2H3,(H,21,22)(H,23,24)/t13-/m0/s1. The quantitative estimate of drug-likeness (QED) is 0.801. The molecule has 1 aliphatic carbocycles. The summed E-state index contributed by atoms with van der Waals surface area (Å²) in [5, 5.41) is 11.8. The number of hydrogen-bond acceptors (Lipinski definition) is 6. The van der Waals surface area contributed by atoms with Crippen LogP contribution in [0, 0.1) is 6.92 Å². The molecule has 0 spiro atoms. The molecular formula is C18H17N3O5. The maximum atomic E-state index is 12.4. The number of carboxylic acids is 1. The van der Waals surface area contributed by atoms with Crippen molar-refractivity contribution in [2.45, 2.75) is 25.8 Å². The van der Waals surface area contributed by atoms with Gasteiger partial charge in [0, 0.05) is 6.07 Å². The van der Waals surface area contributed by atoms with Gasteiger partial charge in [-0.15, -0.1) is 0 Å². The van der Waals surface area contributed by atoms with Crippen molar-refractivity contribution in [2.75, 3.05) is 7.11 Å². The first-order chi connectivity index (χ1) is 12.4. The highest BCUT2D eigenvalue weighted by Crippen LogP contribution is 2.35. The number of amides is 1. The zero-order valence-corrected chi connectivity index (χ0v) is 14.3. The van der Waals surface area contributed by atoms with E-state index in [1.54, 1.807) is 6.07 Å². The molecule has 1 heterocycles. The van der Waals surface area contributed by atoms with E-state index in [4.69, 9.17) is 9.84 Å². The van der Waals surface area contributed by atoms with E-state index in [1.165, 1.54) is 7.11 Å². The lowest BCUT2D eigenvalue weighted by Crippen LogP contribution is -2.28. The average Bonchev–Trinajstić information content (AvgIpc) is 3.05. The number of nitrogens with zero attached hydrogens (tertiary/aromatic N) is 2. The summed E-state index contributed by atoms with van der Waals surface area (Å²) >= 11 is 0. The van der Waals surface area contributed by atoms with Crippen molar-refractivity contribution in [2.24, 2.45) is 0 Å². The molecule has 0 saturated carbocycles. The van der Waals surface area contributed by atoms with E-state index in [-0.39, 0.29) is 23.4 Å². The van der Waals surface area contributed by atoms with Gasteiger partial charge < -0.3 is 15.2 Å². The molecule has 0 radical (unpaired) electrons.